The van der Waals surface area contributed by atoms with Gasteiger partial charge in [0.15, 0.2) is 6.10 Å². The van der Waals surface area contributed by atoms with Crippen molar-refractivity contribution in [3.05, 3.63) is 39.7 Å². The van der Waals surface area contributed by atoms with Crippen molar-refractivity contribution in [2.24, 2.45) is 0 Å². The fourth-order valence-corrected chi connectivity index (χ4v) is 4.52. The number of carboxylic acids is 1. The molecule has 2 aliphatic rings. The van der Waals surface area contributed by atoms with E-state index in [0.717, 1.165) is 55.8 Å². The number of benzene rings is 1. The Bertz CT molecular complexity index is 1080. The second-order valence-corrected chi connectivity index (χ2v) is 8.90. The first kappa shape index (κ1) is 25.7. The highest BCUT2D eigenvalue weighted by Gasteiger charge is 2.41. The number of aryl methyl sites for hydroxylation is 2. The molecule has 186 valence electrons. The average molecular weight is 475 g/mol. The molecule has 2 fully saturated rings. The number of fused-ring (bicyclic) bond motifs is 1. The van der Waals surface area contributed by atoms with Crippen LogP contribution < -0.4 is 15.7 Å². The van der Waals surface area contributed by atoms with Crippen LogP contribution in [0.15, 0.2) is 27.4 Å². The van der Waals surface area contributed by atoms with Crippen molar-refractivity contribution in [1.29, 1.82) is 0 Å². The topological polar surface area (TPSA) is 118 Å². The molecular formula is C25H34N2O7. The normalized spacial score (nSPS) is 20.6. The predicted octanol–water partition coefficient (Wildman–Crippen LogP) is 2.50. The van der Waals surface area contributed by atoms with Crippen molar-refractivity contribution < 1.29 is 28.6 Å². The highest BCUT2D eigenvalue weighted by atomic mass is 16.5. The zero-order valence-electron chi connectivity index (χ0n) is 20.3. The number of aliphatic carboxylic acids is 1. The summed E-state index contributed by atoms with van der Waals surface area (Å²) in [4.78, 5) is 35.9. The van der Waals surface area contributed by atoms with Gasteiger partial charge >= 0.3 is 5.63 Å². The first-order chi connectivity index (χ1) is 16.2. The van der Waals surface area contributed by atoms with E-state index >= 15 is 0 Å². The van der Waals surface area contributed by atoms with E-state index in [9.17, 15) is 9.59 Å². The van der Waals surface area contributed by atoms with E-state index in [4.69, 9.17) is 23.8 Å². The van der Waals surface area contributed by atoms with E-state index in [1.165, 1.54) is 0 Å². The molecule has 0 radical (unpaired) electrons. The van der Waals surface area contributed by atoms with Crippen LogP contribution in [0.3, 0.4) is 0 Å². The number of amides is 1. The number of hydrogen-bond acceptors (Lipinski definition) is 7. The number of rotatable bonds is 5. The molecular weight excluding hydrogens is 440 g/mol. The molecule has 0 saturated carbocycles. The standard InChI is InChI=1S/C23H30N2O5.C2H4O2/c1-4-5-17-12-20(26)30-21-15(2)19(7-6-18(17)21)29-16(3)22(27)25-10-11-28-23(14-25)8-9-24-13-23;1-2(3)4/h6-7,12,16,24H,4-5,8-11,13-14H2,1-3H3;1H3,(H,3,4). The van der Waals surface area contributed by atoms with Crippen molar-refractivity contribution in [3.8, 4) is 5.75 Å². The average Bonchev–Trinajstić information content (AvgIpc) is 3.22. The van der Waals surface area contributed by atoms with Crippen LogP contribution in [0.1, 0.15) is 44.7 Å². The first-order valence-corrected chi connectivity index (χ1v) is 11.7. The van der Waals surface area contributed by atoms with Crippen LogP contribution >= 0.6 is 0 Å². The molecule has 1 spiro atoms. The van der Waals surface area contributed by atoms with Crippen LogP contribution in [0.5, 0.6) is 5.75 Å². The van der Waals surface area contributed by atoms with Crippen molar-refractivity contribution in [3.63, 3.8) is 0 Å². The SMILES string of the molecule is CC(=O)O.CCCc1cc(=O)oc2c(C)c(OC(C)C(=O)N3CCOC4(CCNC4)C3)ccc12. The fraction of sp³-hybridized carbons (Fsp3) is 0.560. The second kappa shape index (κ2) is 11.0. The van der Waals surface area contributed by atoms with Gasteiger partial charge in [0.2, 0.25) is 0 Å². The van der Waals surface area contributed by atoms with Crippen molar-refractivity contribution in [2.75, 3.05) is 32.8 Å². The summed E-state index contributed by atoms with van der Waals surface area (Å²) in [5, 5.41) is 11.7. The molecule has 1 aromatic carbocycles. The van der Waals surface area contributed by atoms with Gasteiger partial charge < -0.3 is 29.2 Å². The van der Waals surface area contributed by atoms with E-state index in [0.29, 0.717) is 31.0 Å². The van der Waals surface area contributed by atoms with Crippen molar-refractivity contribution >= 4 is 22.8 Å². The minimum absolute atomic E-state index is 0.0507. The minimum Gasteiger partial charge on any atom is -0.481 e. The number of nitrogens with zero attached hydrogens (tertiary/aromatic N) is 1. The van der Waals surface area contributed by atoms with Crippen LogP contribution in [0.25, 0.3) is 11.0 Å². The molecule has 0 bridgehead atoms. The van der Waals surface area contributed by atoms with E-state index in [1.807, 2.05) is 24.0 Å². The summed E-state index contributed by atoms with van der Waals surface area (Å²) in [6.07, 6.45) is 2.02. The molecule has 4 rings (SSSR count). The maximum absolute atomic E-state index is 13.1. The lowest BCUT2D eigenvalue weighted by Crippen LogP contribution is -2.56. The molecule has 1 amide bonds. The molecule has 2 atom stereocenters. The Kier molecular flexibility index (Phi) is 8.33. The Morgan fingerprint density at radius 1 is 1.35 bits per heavy atom. The number of carbonyl (C=O) groups is 2. The largest absolute Gasteiger partial charge is 0.481 e. The van der Waals surface area contributed by atoms with Crippen molar-refractivity contribution in [2.45, 2.75) is 58.7 Å². The molecule has 9 heteroatoms. The van der Waals surface area contributed by atoms with Gasteiger partial charge in [0, 0.05) is 37.0 Å². The lowest BCUT2D eigenvalue weighted by atomic mass is 10.0. The molecule has 2 unspecified atom stereocenters. The van der Waals surface area contributed by atoms with E-state index < -0.39 is 12.1 Å². The third-order valence-electron chi connectivity index (χ3n) is 6.13. The number of carbonyl (C=O) groups excluding carboxylic acids is 1. The number of hydrogen-bond donors (Lipinski definition) is 2. The van der Waals surface area contributed by atoms with Gasteiger partial charge in [-0.05, 0) is 50.9 Å². The van der Waals surface area contributed by atoms with Crippen LogP contribution in [-0.2, 0) is 20.7 Å². The van der Waals surface area contributed by atoms with Crippen LogP contribution in [0, 0.1) is 6.92 Å². The molecule has 2 N–H and O–H groups in total. The van der Waals surface area contributed by atoms with Gasteiger partial charge in [-0.2, -0.15) is 0 Å². The van der Waals surface area contributed by atoms with Crippen molar-refractivity contribution in [1.82, 2.24) is 10.2 Å². The summed E-state index contributed by atoms with van der Waals surface area (Å²) >= 11 is 0. The molecule has 2 aromatic rings. The summed E-state index contributed by atoms with van der Waals surface area (Å²) in [5.41, 5.74) is 1.61. The molecule has 0 aliphatic carbocycles. The summed E-state index contributed by atoms with van der Waals surface area (Å²) in [6, 6.07) is 5.34. The number of ether oxygens (including phenoxy) is 2. The quantitative estimate of drug-likeness (QED) is 0.635. The molecule has 1 aromatic heterocycles. The summed E-state index contributed by atoms with van der Waals surface area (Å²) in [7, 11) is 0. The first-order valence-electron chi connectivity index (χ1n) is 11.7. The van der Waals surface area contributed by atoms with Crippen LogP contribution in [0.4, 0.5) is 0 Å². The fourth-order valence-electron chi connectivity index (χ4n) is 4.52. The maximum Gasteiger partial charge on any atom is 0.336 e. The van der Waals surface area contributed by atoms with Gasteiger partial charge in [0.25, 0.3) is 11.9 Å². The Labute approximate surface area is 199 Å². The third kappa shape index (κ3) is 5.95. The van der Waals surface area contributed by atoms with Crippen LogP contribution in [-0.4, -0.2) is 66.4 Å². The van der Waals surface area contributed by atoms with Gasteiger partial charge in [-0.3, -0.25) is 9.59 Å². The molecule has 3 heterocycles. The second-order valence-electron chi connectivity index (χ2n) is 8.90. The summed E-state index contributed by atoms with van der Waals surface area (Å²) < 4.78 is 17.5. The number of nitrogens with one attached hydrogen (secondary N) is 1. The van der Waals surface area contributed by atoms with Gasteiger partial charge in [-0.1, -0.05) is 13.3 Å². The van der Waals surface area contributed by atoms with Gasteiger partial charge in [0.1, 0.15) is 11.3 Å². The number of carboxylic acid groups (broad SMARTS) is 1. The zero-order chi connectivity index (χ0) is 24.9. The molecule has 2 saturated heterocycles. The van der Waals surface area contributed by atoms with E-state index in [-0.39, 0.29) is 17.1 Å². The summed E-state index contributed by atoms with van der Waals surface area (Å²) in [6.45, 7) is 10.2. The van der Waals surface area contributed by atoms with Crippen LogP contribution in [0.2, 0.25) is 0 Å². The highest BCUT2D eigenvalue weighted by Crippen LogP contribution is 2.30. The summed E-state index contributed by atoms with van der Waals surface area (Å²) in [5.74, 6) is -0.323. The van der Waals surface area contributed by atoms with E-state index in [1.54, 1.807) is 13.0 Å². The zero-order valence-corrected chi connectivity index (χ0v) is 20.3. The smallest absolute Gasteiger partial charge is 0.336 e. The molecule has 9 nitrogen and oxygen atoms in total. The Balaban J connectivity index is 0.000000751. The number of morpholine rings is 1. The third-order valence-corrected chi connectivity index (χ3v) is 6.13. The Morgan fingerprint density at radius 2 is 2.09 bits per heavy atom. The van der Waals surface area contributed by atoms with E-state index in [2.05, 4.69) is 12.2 Å². The predicted molar refractivity (Wildman–Crippen MR) is 127 cm³/mol. The minimum atomic E-state index is -0.833. The lowest BCUT2D eigenvalue weighted by molar-refractivity contribution is -0.154. The lowest BCUT2D eigenvalue weighted by Gasteiger charge is -2.40. The monoisotopic (exact) mass is 474 g/mol. The van der Waals surface area contributed by atoms with Gasteiger partial charge in [-0.25, -0.2) is 4.79 Å². The van der Waals surface area contributed by atoms with Gasteiger partial charge in [-0.15, -0.1) is 0 Å². The van der Waals surface area contributed by atoms with Gasteiger partial charge in [0.05, 0.1) is 18.8 Å². The Morgan fingerprint density at radius 3 is 2.74 bits per heavy atom. The maximum atomic E-state index is 13.1. The molecule has 2 aliphatic heterocycles. The highest BCUT2D eigenvalue weighted by molar-refractivity contribution is 5.85. The molecule has 34 heavy (non-hydrogen) atoms. The Hall–Kier alpha value is -2.91.